The van der Waals surface area contributed by atoms with Gasteiger partial charge in [-0.05, 0) is 26.8 Å². The summed E-state index contributed by atoms with van der Waals surface area (Å²) in [7, 11) is 0. The first kappa shape index (κ1) is 20.2. The maximum absolute atomic E-state index is 13.8. The van der Waals surface area contributed by atoms with Crippen molar-refractivity contribution in [3.8, 4) is 0 Å². The summed E-state index contributed by atoms with van der Waals surface area (Å²) in [6.45, 7) is 5.44. The van der Waals surface area contributed by atoms with Gasteiger partial charge in [-0.1, -0.05) is 18.2 Å². The average molecular weight is 400 g/mol. The lowest BCUT2D eigenvalue weighted by Gasteiger charge is -2.06. The number of carbonyl (C=O) groups excluding carboxylic acids is 1. The average Bonchev–Trinajstić information content (AvgIpc) is 3.13. The standard InChI is InChI=1S/C19H21FN6O3/c1-12-10-17(23-25(12)11-15-6-4-5-7-16(15)20)21-18(27)8-9-24-14(3)19(26(28)29)13(2)22-24/h4-7,10H,8-9,11H2,1-3H3,(H,21,23,27). The van der Waals surface area contributed by atoms with Crippen molar-refractivity contribution in [2.45, 2.75) is 40.3 Å². The number of hydrogen-bond acceptors (Lipinski definition) is 5. The Hall–Kier alpha value is -3.56. The molecule has 0 spiro atoms. The number of amides is 1. The van der Waals surface area contributed by atoms with Crippen molar-refractivity contribution in [1.29, 1.82) is 0 Å². The Kier molecular flexibility index (Phi) is 5.71. The first-order valence-corrected chi connectivity index (χ1v) is 9.02. The van der Waals surface area contributed by atoms with E-state index in [0.29, 0.717) is 22.8 Å². The predicted molar refractivity (Wildman–Crippen MR) is 104 cm³/mol. The Labute approximate surface area is 166 Å². The molecule has 1 amide bonds. The molecule has 3 aromatic rings. The summed E-state index contributed by atoms with van der Waals surface area (Å²) in [5, 5.41) is 22.2. The van der Waals surface area contributed by atoms with Gasteiger partial charge in [-0.3, -0.25) is 24.3 Å². The fourth-order valence-corrected chi connectivity index (χ4v) is 3.10. The van der Waals surface area contributed by atoms with Crippen LogP contribution in [0.25, 0.3) is 0 Å². The number of halogens is 1. The molecule has 152 valence electrons. The molecule has 0 fully saturated rings. The van der Waals surface area contributed by atoms with E-state index in [1.54, 1.807) is 42.8 Å². The summed E-state index contributed by atoms with van der Waals surface area (Å²) in [4.78, 5) is 22.8. The zero-order valence-electron chi connectivity index (χ0n) is 16.3. The lowest BCUT2D eigenvalue weighted by molar-refractivity contribution is -0.386. The number of carbonyl (C=O) groups is 1. The summed E-state index contributed by atoms with van der Waals surface area (Å²) < 4.78 is 16.9. The third kappa shape index (κ3) is 4.48. The molecule has 10 heteroatoms. The number of nitrogens with zero attached hydrogens (tertiary/aromatic N) is 5. The van der Waals surface area contributed by atoms with E-state index in [4.69, 9.17) is 0 Å². The van der Waals surface area contributed by atoms with E-state index in [-0.39, 0.29) is 36.9 Å². The fourth-order valence-electron chi connectivity index (χ4n) is 3.10. The van der Waals surface area contributed by atoms with Crippen LogP contribution in [0.4, 0.5) is 15.9 Å². The van der Waals surface area contributed by atoms with Crippen molar-refractivity contribution in [1.82, 2.24) is 19.6 Å². The Morgan fingerprint density at radius 1 is 1.21 bits per heavy atom. The second-order valence-electron chi connectivity index (χ2n) is 6.72. The number of rotatable bonds is 7. The van der Waals surface area contributed by atoms with Crippen LogP contribution in [-0.2, 0) is 17.9 Å². The van der Waals surface area contributed by atoms with Gasteiger partial charge < -0.3 is 5.32 Å². The summed E-state index contributed by atoms with van der Waals surface area (Å²) in [6, 6.07) is 8.15. The highest BCUT2D eigenvalue weighted by molar-refractivity contribution is 5.89. The highest BCUT2D eigenvalue weighted by Crippen LogP contribution is 2.22. The minimum Gasteiger partial charge on any atom is -0.309 e. The molecule has 0 bridgehead atoms. The van der Waals surface area contributed by atoms with Gasteiger partial charge in [0.1, 0.15) is 17.2 Å². The molecule has 0 radical (unpaired) electrons. The van der Waals surface area contributed by atoms with Crippen molar-refractivity contribution in [3.63, 3.8) is 0 Å². The Morgan fingerprint density at radius 2 is 1.93 bits per heavy atom. The van der Waals surface area contributed by atoms with Gasteiger partial charge >= 0.3 is 5.69 Å². The first-order valence-electron chi connectivity index (χ1n) is 9.02. The summed E-state index contributed by atoms with van der Waals surface area (Å²) in [6.07, 6.45) is 0.0817. The van der Waals surface area contributed by atoms with Crippen molar-refractivity contribution in [2.24, 2.45) is 0 Å². The molecule has 0 saturated carbocycles. The SMILES string of the molecule is Cc1nn(CCC(=O)Nc2cc(C)n(Cc3ccccc3F)n2)c(C)c1[N+](=O)[O-]. The molecule has 9 nitrogen and oxygen atoms in total. The Balaban J connectivity index is 1.62. The minimum atomic E-state index is -0.473. The van der Waals surface area contributed by atoms with Gasteiger partial charge in [0, 0.05) is 23.7 Å². The number of nitro groups is 1. The first-order chi connectivity index (χ1) is 13.8. The van der Waals surface area contributed by atoms with E-state index in [2.05, 4.69) is 15.5 Å². The van der Waals surface area contributed by atoms with E-state index in [0.717, 1.165) is 5.69 Å². The highest BCUT2D eigenvalue weighted by atomic mass is 19.1. The molecular formula is C19H21FN6O3. The molecule has 1 N–H and O–H groups in total. The molecule has 0 unspecified atom stereocenters. The Morgan fingerprint density at radius 3 is 2.59 bits per heavy atom. The van der Waals surface area contributed by atoms with Gasteiger partial charge in [-0.15, -0.1) is 0 Å². The highest BCUT2D eigenvalue weighted by Gasteiger charge is 2.22. The van der Waals surface area contributed by atoms with E-state index < -0.39 is 4.92 Å². The van der Waals surface area contributed by atoms with Crippen LogP contribution in [0.15, 0.2) is 30.3 Å². The molecule has 2 aromatic heterocycles. The smallest absolute Gasteiger partial charge is 0.309 e. The molecule has 0 aliphatic heterocycles. The van der Waals surface area contributed by atoms with Gasteiger partial charge in [0.2, 0.25) is 5.91 Å². The maximum Gasteiger partial charge on any atom is 0.312 e. The van der Waals surface area contributed by atoms with E-state index in [9.17, 15) is 19.3 Å². The number of benzene rings is 1. The van der Waals surface area contributed by atoms with E-state index in [1.165, 1.54) is 10.7 Å². The number of aromatic nitrogens is 4. The van der Waals surface area contributed by atoms with Crippen LogP contribution in [0.3, 0.4) is 0 Å². The molecule has 0 atom stereocenters. The largest absolute Gasteiger partial charge is 0.312 e. The third-order valence-electron chi connectivity index (χ3n) is 4.60. The second-order valence-corrected chi connectivity index (χ2v) is 6.72. The number of aryl methyl sites for hydroxylation is 3. The fraction of sp³-hybridized carbons (Fsp3) is 0.316. The van der Waals surface area contributed by atoms with E-state index >= 15 is 0 Å². The lowest BCUT2D eigenvalue weighted by Crippen LogP contribution is -2.16. The Bertz CT molecular complexity index is 1070. The summed E-state index contributed by atoms with van der Waals surface area (Å²) in [5.41, 5.74) is 1.97. The van der Waals surface area contributed by atoms with Crippen molar-refractivity contribution in [2.75, 3.05) is 5.32 Å². The third-order valence-corrected chi connectivity index (χ3v) is 4.60. The van der Waals surface area contributed by atoms with Crippen LogP contribution in [0.5, 0.6) is 0 Å². The topological polar surface area (TPSA) is 108 Å². The predicted octanol–water partition coefficient (Wildman–Crippen LogP) is 3.13. The van der Waals surface area contributed by atoms with E-state index in [1.807, 2.05) is 6.92 Å². The molecule has 0 aliphatic rings. The van der Waals surface area contributed by atoms with Crippen molar-refractivity contribution >= 4 is 17.4 Å². The normalized spacial score (nSPS) is 10.9. The van der Waals surface area contributed by atoms with Gasteiger partial charge in [0.15, 0.2) is 5.82 Å². The zero-order valence-corrected chi connectivity index (χ0v) is 16.3. The van der Waals surface area contributed by atoms with Crippen molar-refractivity contribution in [3.05, 3.63) is 68.9 Å². The van der Waals surface area contributed by atoms with Gasteiger partial charge in [0.05, 0.1) is 18.0 Å². The molecular weight excluding hydrogens is 379 g/mol. The quantitative estimate of drug-likeness (QED) is 0.484. The van der Waals surface area contributed by atoms with Crippen LogP contribution >= 0.6 is 0 Å². The van der Waals surface area contributed by atoms with Gasteiger partial charge in [0.25, 0.3) is 0 Å². The monoisotopic (exact) mass is 400 g/mol. The zero-order chi connectivity index (χ0) is 21.1. The van der Waals surface area contributed by atoms with Crippen LogP contribution in [-0.4, -0.2) is 30.4 Å². The van der Waals surface area contributed by atoms with Crippen LogP contribution in [0, 0.1) is 36.7 Å². The van der Waals surface area contributed by atoms with Crippen molar-refractivity contribution < 1.29 is 14.1 Å². The summed E-state index contributed by atoms with van der Waals surface area (Å²) >= 11 is 0. The number of hydrogen-bond donors (Lipinski definition) is 1. The molecule has 1 aromatic carbocycles. The number of nitrogens with one attached hydrogen (secondary N) is 1. The minimum absolute atomic E-state index is 0.0343. The van der Waals surface area contributed by atoms with Gasteiger partial charge in [-0.2, -0.15) is 10.2 Å². The lowest BCUT2D eigenvalue weighted by atomic mass is 10.2. The van der Waals surface area contributed by atoms with Gasteiger partial charge in [-0.25, -0.2) is 4.39 Å². The maximum atomic E-state index is 13.8. The van der Waals surface area contributed by atoms with Crippen LogP contribution in [0.2, 0.25) is 0 Å². The molecule has 0 saturated heterocycles. The van der Waals surface area contributed by atoms with Crippen LogP contribution in [0.1, 0.15) is 29.1 Å². The molecule has 29 heavy (non-hydrogen) atoms. The van der Waals surface area contributed by atoms with Crippen LogP contribution < -0.4 is 5.32 Å². The number of anilines is 1. The molecule has 3 rings (SSSR count). The molecule has 2 heterocycles. The molecule has 0 aliphatic carbocycles. The summed E-state index contributed by atoms with van der Waals surface area (Å²) in [5.74, 6) is -0.245. The second kappa shape index (κ2) is 8.21.